The van der Waals surface area contributed by atoms with E-state index in [0.29, 0.717) is 11.6 Å². The fourth-order valence-electron chi connectivity index (χ4n) is 2.96. The second kappa shape index (κ2) is 6.13. The lowest BCUT2D eigenvalue weighted by Crippen LogP contribution is -2.39. The van der Waals surface area contributed by atoms with Crippen LogP contribution in [0.1, 0.15) is 44.3 Å². The molecule has 0 aliphatic heterocycles. The van der Waals surface area contributed by atoms with Crippen molar-refractivity contribution in [3.8, 4) is 0 Å². The van der Waals surface area contributed by atoms with Gasteiger partial charge in [0.2, 0.25) is 0 Å². The SMILES string of the molecule is CC1CCC(CN)(C(O)c2ccc(Cl)c(Br)c2)CC1. The van der Waals surface area contributed by atoms with Crippen LogP contribution in [0.3, 0.4) is 0 Å². The van der Waals surface area contributed by atoms with E-state index in [9.17, 15) is 5.11 Å². The molecule has 0 bridgehead atoms. The van der Waals surface area contributed by atoms with Gasteiger partial charge in [0.1, 0.15) is 0 Å². The van der Waals surface area contributed by atoms with Crippen LogP contribution in [0.25, 0.3) is 0 Å². The highest BCUT2D eigenvalue weighted by Gasteiger charge is 2.40. The van der Waals surface area contributed by atoms with E-state index in [1.165, 1.54) is 0 Å². The van der Waals surface area contributed by atoms with Gasteiger partial charge in [-0.25, -0.2) is 0 Å². The molecule has 0 amide bonds. The maximum Gasteiger partial charge on any atom is 0.0858 e. The lowest BCUT2D eigenvalue weighted by Gasteiger charge is -2.42. The zero-order valence-corrected chi connectivity index (χ0v) is 13.5. The van der Waals surface area contributed by atoms with Crippen molar-refractivity contribution in [2.24, 2.45) is 17.1 Å². The van der Waals surface area contributed by atoms with Crippen LogP contribution in [-0.4, -0.2) is 11.7 Å². The summed E-state index contributed by atoms with van der Waals surface area (Å²) in [6.07, 6.45) is 3.75. The van der Waals surface area contributed by atoms with Crippen molar-refractivity contribution in [3.05, 3.63) is 33.3 Å². The Morgan fingerprint density at radius 2 is 2.11 bits per heavy atom. The largest absolute Gasteiger partial charge is 0.388 e. The molecule has 0 saturated heterocycles. The number of aliphatic hydroxyl groups is 1. The third-order valence-electron chi connectivity index (χ3n) is 4.52. The summed E-state index contributed by atoms with van der Waals surface area (Å²) < 4.78 is 0.821. The van der Waals surface area contributed by atoms with Crippen molar-refractivity contribution in [2.75, 3.05) is 6.54 Å². The molecule has 2 rings (SSSR count). The van der Waals surface area contributed by atoms with Gasteiger partial charge in [0.25, 0.3) is 0 Å². The minimum atomic E-state index is -0.515. The van der Waals surface area contributed by atoms with Gasteiger partial charge in [-0.3, -0.25) is 0 Å². The molecule has 1 aliphatic rings. The molecule has 4 heteroatoms. The number of nitrogens with two attached hydrogens (primary N) is 1. The van der Waals surface area contributed by atoms with Crippen LogP contribution in [0.5, 0.6) is 0 Å². The van der Waals surface area contributed by atoms with Crippen LogP contribution >= 0.6 is 27.5 Å². The van der Waals surface area contributed by atoms with E-state index in [-0.39, 0.29) is 5.41 Å². The van der Waals surface area contributed by atoms with Crippen LogP contribution < -0.4 is 5.73 Å². The van der Waals surface area contributed by atoms with Crippen molar-refractivity contribution in [2.45, 2.75) is 38.7 Å². The molecule has 3 N–H and O–H groups in total. The summed E-state index contributed by atoms with van der Waals surface area (Å²) in [6, 6.07) is 5.62. The molecule has 1 saturated carbocycles. The Morgan fingerprint density at radius 1 is 1.47 bits per heavy atom. The fourth-order valence-corrected chi connectivity index (χ4v) is 3.48. The standard InChI is InChI=1S/C15H21BrClNO/c1-10-4-6-15(9-18,7-5-10)14(19)11-2-3-13(17)12(16)8-11/h2-3,8,10,14,19H,4-7,9,18H2,1H3. The average Bonchev–Trinajstić information content (AvgIpc) is 2.42. The highest BCUT2D eigenvalue weighted by atomic mass is 79.9. The van der Waals surface area contributed by atoms with E-state index in [4.69, 9.17) is 17.3 Å². The molecule has 0 heterocycles. The summed E-state index contributed by atoms with van der Waals surface area (Å²) in [6.45, 7) is 2.80. The first-order valence-electron chi connectivity index (χ1n) is 6.81. The summed E-state index contributed by atoms with van der Waals surface area (Å²) in [5, 5.41) is 11.4. The Bertz CT molecular complexity index is 444. The topological polar surface area (TPSA) is 46.2 Å². The molecule has 1 unspecified atom stereocenters. The Labute approximate surface area is 128 Å². The molecule has 106 valence electrons. The minimum absolute atomic E-state index is 0.181. The highest BCUT2D eigenvalue weighted by molar-refractivity contribution is 9.10. The van der Waals surface area contributed by atoms with E-state index in [2.05, 4.69) is 22.9 Å². The van der Waals surface area contributed by atoms with Crippen molar-refractivity contribution >= 4 is 27.5 Å². The molecule has 1 aromatic rings. The predicted octanol–water partition coefficient (Wildman–Crippen LogP) is 4.29. The normalized spacial score (nSPS) is 29.2. The summed E-state index contributed by atoms with van der Waals surface area (Å²) in [4.78, 5) is 0. The molecule has 0 radical (unpaired) electrons. The molecular weight excluding hydrogens is 326 g/mol. The Hall–Kier alpha value is -0.0900. The number of rotatable bonds is 3. The predicted molar refractivity (Wildman–Crippen MR) is 83.2 cm³/mol. The van der Waals surface area contributed by atoms with E-state index in [1.807, 2.05) is 18.2 Å². The number of hydrogen-bond donors (Lipinski definition) is 2. The van der Waals surface area contributed by atoms with Gasteiger partial charge in [-0.05, 0) is 52.4 Å². The van der Waals surface area contributed by atoms with Crippen molar-refractivity contribution in [3.63, 3.8) is 0 Å². The molecule has 1 aromatic carbocycles. The number of benzene rings is 1. The lowest BCUT2D eigenvalue weighted by atomic mass is 9.66. The molecule has 1 fully saturated rings. The van der Waals surface area contributed by atoms with Gasteiger partial charge in [0.05, 0.1) is 11.1 Å². The van der Waals surface area contributed by atoms with Crippen LogP contribution in [0.2, 0.25) is 5.02 Å². The molecular formula is C15H21BrClNO. The molecule has 0 spiro atoms. The van der Waals surface area contributed by atoms with E-state index in [1.54, 1.807) is 0 Å². The van der Waals surface area contributed by atoms with Crippen molar-refractivity contribution in [1.82, 2.24) is 0 Å². The van der Waals surface area contributed by atoms with Gasteiger partial charge in [-0.1, -0.05) is 37.4 Å². The van der Waals surface area contributed by atoms with Gasteiger partial charge in [0, 0.05) is 16.4 Å². The fraction of sp³-hybridized carbons (Fsp3) is 0.600. The van der Waals surface area contributed by atoms with Crippen LogP contribution in [-0.2, 0) is 0 Å². The third-order valence-corrected chi connectivity index (χ3v) is 5.73. The first kappa shape index (κ1) is 15.3. The molecule has 0 aromatic heterocycles. The number of aliphatic hydroxyl groups excluding tert-OH is 1. The van der Waals surface area contributed by atoms with E-state index >= 15 is 0 Å². The van der Waals surface area contributed by atoms with E-state index in [0.717, 1.165) is 41.6 Å². The monoisotopic (exact) mass is 345 g/mol. The quantitative estimate of drug-likeness (QED) is 0.857. The second-order valence-corrected chi connectivity index (χ2v) is 7.09. The van der Waals surface area contributed by atoms with Gasteiger partial charge in [-0.15, -0.1) is 0 Å². The van der Waals surface area contributed by atoms with Crippen molar-refractivity contribution < 1.29 is 5.11 Å². The van der Waals surface area contributed by atoms with Crippen LogP contribution in [0.4, 0.5) is 0 Å². The maximum absolute atomic E-state index is 10.8. The average molecular weight is 347 g/mol. The number of hydrogen-bond acceptors (Lipinski definition) is 2. The molecule has 2 nitrogen and oxygen atoms in total. The maximum atomic E-state index is 10.8. The summed E-state index contributed by atoms with van der Waals surface area (Å²) >= 11 is 9.42. The Balaban J connectivity index is 2.25. The lowest BCUT2D eigenvalue weighted by molar-refractivity contribution is -0.00821. The summed E-state index contributed by atoms with van der Waals surface area (Å²) in [5.74, 6) is 0.740. The van der Waals surface area contributed by atoms with E-state index < -0.39 is 6.10 Å². The highest BCUT2D eigenvalue weighted by Crippen LogP contribution is 2.47. The van der Waals surface area contributed by atoms with Crippen molar-refractivity contribution in [1.29, 1.82) is 0 Å². The van der Waals surface area contributed by atoms with Gasteiger partial charge in [-0.2, -0.15) is 0 Å². The van der Waals surface area contributed by atoms with Gasteiger partial charge >= 0.3 is 0 Å². The smallest absolute Gasteiger partial charge is 0.0858 e. The second-order valence-electron chi connectivity index (χ2n) is 5.83. The first-order chi connectivity index (χ1) is 8.98. The van der Waals surface area contributed by atoms with Crippen LogP contribution in [0, 0.1) is 11.3 Å². The summed E-state index contributed by atoms with van der Waals surface area (Å²) in [5.41, 5.74) is 6.71. The summed E-state index contributed by atoms with van der Waals surface area (Å²) in [7, 11) is 0. The zero-order chi connectivity index (χ0) is 14.0. The first-order valence-corrected chi connectivity index (χ1v) is 7.99. The molecule has 1 aliphatic carbocycles. The Morgan fingerprint density at radius 3 is 2.63 bits per heavy atom. The number of halogens is 2. The minimum Gasteiger partial charge on any atom is -0.388 e. The van der Waals surface area contributed by atoms with Gasteiger partial charge < -0.3 is 10.8 Å². The van der Waals surface area contributed by atoms with Crippen LogP contribution in [0.15, 0.2) is 22.7 Å². The molecule has 19 heavy (non-hydrogen) atoms. The third kappa shape index (κ3) is 3.15. The molecule has 1 atom stereocenters. The van der Waals surface area contributed by atoms with Gasteiger partial charge in [0.15, 0.2) is 0 Å². The Kier molecular flexibility index (Phi) is 4.93. The zero-order valence-electron chi connectivity index (χ0n) is 11.2.